The number of methoxy groups -OCH3 is 1. The predicted molar refractivity (Wildman–Crippen MR) is 164 cm³/mol. The smallest absolute Gasteiger partial charge is 0.333 e. The second-order valence-electron chi connectivity index (χ2n) is 10.6. The van der Waals surface area contributed by atoms with Gasteiger partial charge in [-0.25, -0.2) is 9.36 Å². The zero-order chi connectivity index (χ0) is 31.8. The third-order valence-electron chi connectivity index (χ3n) is 7.76. The van der Waals surface area contributed by atoms with Crippen LogP contribution in [0.15, 0.2) is 66.0 Å². The first kappa shape index (κ1) is 30.4. The highest BCUT2D eigenvalue weighted by molar-refractivity contribution is 6.31. The quantitative estimate of drug-likeness (QED) is 0.232. The lowest BCUT2D eigenvalue weighted by atomic mass is 9.96. The lowest BCUT2D eigenvalue weighted by Gasteiger charge is -2.24. The molecule has 5 heterocycles. The minimum Gasteiger partial charge on any atom is -0.495 e. The van der Waals surface area contributed by atoms with Gasteiger partial charge < -0.3 is 14.6 Å². The Kier molecular flexibility index (Phi) is 8.38. The number of anilines is 1. The lowest BCUT2D eigenvalue weighted by molar-refractivity contribution is -0.119. The van der Waals surface area contributed by atoms with Gasteiger partial charge in [0.15, 0.2) is 5.15 Å². The molecule has 1 aliphatic heterocycles. The Morgan fingerprint density at radius 3 is 2.62 bits per heavy atom. The minimum absolute atomic E-state index is 0.0375. The maximum Gasteiger partial charge on any atom is 0.333 e. The van der Waals surface area contributed by atoms with Gasteiger partial charge in [0.2, 0.25) is 5.91 Å². The number of aromatic nitrogens is 7. The number of pyridine rings is 2. The second-order valence-corrected chi connectivity index (χ2v) is 11.4. The first-order chi connectivity index (χ1) is 21.6. The van der Waals surface area contributed by atoms with Crippen LogP contribution in [0.25, 0.3) is 28.1 Å². The third-order valence-corrected chi connectivity index (χ3v) is 8.17. The number of fused-ring (bicyclic) bond motifs is 4. The van der Waals surface area contributed by atoms with Gasteiger partial charge in [-0.3, -0.25) is 14.6 Å². The van der Waals surface area contributed by atoms with E-state index in [1.165, 1.54) is 41.0 Å². The highest BCUT2D eigenvalue weighted by Gasteiger charge is 2.27. The summed E-state index contributed by atoms with van der Waals surface area (Å²) in [7, 11) is 1.48. The van der Waals surface area contributed by atoms with Crippen LogP contribution in [0.1, 0.15) is 44.5 Å². The highest BCUT2D eigenvalue weighted by Crippen LogP contribution is 2.38. The van der Waals surface area contributed by atoms with Gasteiger partial charge in [0.1, 0.15) is 5.75 Å². The maximum atomic E-state index is 14.0. The van der Waals surface area contributed by atoms with Gasteiger partial charge in [-0.2, -0.15) is 13.9 Å². The van der Waals surface area contributed by atoms with Crippen LogP contribution < -0.4 is 15.6 Å². The number of alkyl halides is 2. The molecule has 1 N–H and O–H groups in total. The zero-order valence-corrected chi connectivity index (χ0v) is 25.5. The minimum atomic E-state index is -2.95. The number of rotatable bonds is 5. The Hall–Kier alpha value is -4.62. The van der Waals surface area contributed by atoms with Gasteiger partial charge in [0.05, 0.1) is 54.5 Å². The zero-order valence-electron chi connectivity index (χ0n) is 24.0. The molecule has 5 aromatic rings. The van der Waals surface area contributed by atoms with Crippen molar-refractivity contribution in [2.75, 3.05) is 12.4 Å². The fourth-order valence-corrected chi connectivity index (χ4v) is 5.83. The van der Waals surface area contributed by atoms with Crippen LogP contribution in [0.5, 0.6) is 5.75 Å². The topological polar surface area (TPSA) is 122 Å². The molecule has 45 heavy (non-hydrogen) atoms. The normalized spacial score (nSPS) is 16.9. The molecule has 6 rings (SSSR count). The first-order valence-electron chi connectivity index (χ1n) is 14.0. The summed E-state index contributed by atoms with van der Waals surface area (Å²) in [6, 6.07) is 9.11. The van der Waals surface area contributed by atoms with Crippen LogP contribution in [-0.4, -0.2) is 47.3 Å². The Bertz CT molecular complexity index is 1960. The average molecular weight is 655 g/mol. The van der Waals surface area contributed by atoms with Crippen LogP contribution in [-0.2, 0) is 4.79 Å². The van der Waals surface area contributed by atoms with E-state index in [1.807, 2.05) is 0 Å². The van der Waals surface area contributed by atoms with E-state index in [0.29, 0.717) is 62.8 Å². The Morgan fingerprint density at radius 2 is 1.89 bits per heavy atom. The van der Waals surface area contributed by atoms with Crippen molar-refractivity contribution in [1.29, 1.82) is 0 Å². The SMILES string of the molecule is COc1cn(C2CCC[C@H](C)C(=O)Nc3cnn(C(F)F)c3-c3ccnc2c3)c(=O)cc1-c1cc(Cl)ccc1-n1cc(Cl)nn1. The van der Waals surface area contributed by atoms with E-state index in [4.69, 9.17) is 27.9 Å². The first-order valence-corrected chi connectivity index (χ1v) is 14.7. The summed E-state index contributed by atoms with van der Waals surface area (Å²) < 4.78 is 37.3. The summed E-state index contributed by atoms with van der Waals surface area (Å²) in [5, 5.41) is 15.1. The number of carbonyl (C=O) groups is 1. The van der Waals surface area contributed by atoms with E-state index in [2.05, 4.69) is 25.7 Å². The Morgan fingerprint density at radius 1 is 1.07 bits per heavy atom. The molecule has 4 aromatic heterocycles. The maximum absolute atomic E-state index is 14.0. The van der Waals surface area contributed by atoms with Crippen LogP contribution >= 0.6 is 23.2 Å². The fraction of sp³-hybridized carbons (Fsp3) is 0.267. The molecule has 1 aromatic carbocycles. The number of carbonyl (C=O) groups excluding carboxylic acids is 1. The Labute approximate surface area is 265 Å². The van der Waals surface area contributed by atoms with Crippen molar-refractivity contribution in [1.82, 2.24) is 34.3 Å². The van der Waals surface area contributed by atoms with Crippen molar-refractivity contribution in [3.63, 3.8) is 0 Å². The summed E-state index contributed by atoms with van der Waals surface area (Å²) in [4.78, 5) is 31.4. The summed E-state index contributed by atoms with van der Waals surface area (Å²) in [6.45, 7) is -1.19. The van der Waals surface area contributed by atoms with Gasteiger partial charge in [0, 0.05) is 39.9 Å². The number of amides is 1. The number of halogens is 4. The molecule has 15 heteroatoms. The monoisotopic (exact) mass is 654 g/mol. The van der Waals surface area contributed by atoms with Crippen molar-refractivity contribution in [2.45, 2.75) is 38.8 Å². The summed E-state index contributed by atoms with van der Waals surface area (Å²) >= 11 is 12.4. The number of nitrogens with one attached hydrogen (secondary N) is 1. The molecule has 2 bridgehead atoms. The third kappa shape index (κ3) is 5.92. The van der Waals surface area contributed by atoms with Gasteiger partial charge in [0.25, 0.3) is 5.56 Å². The Balaban J connectivity index is 1.50. The number of hydrogen-bond acceptors (Lipinski definition) is 7. The van der Waals surface area contributed by atoms with Crippen LogP contribution in [0.2, 0.25) is 10.2 Å². The van der Waals surface area contributed by atoms with Crippen molar-refractivity contribution in [3.05, 3.63) is 87.4 Å². The molecule has 1 unspecified atom stereocenters. The highest BCUT2D eigenvalue weighted by atomic mass is 35.5. The molecule has 0 fully saturated rings. The lowest BCUT2D eigenvalue weighted by Crippen LogP contribution is -2.27. The van der Waals surface area contributed by atoms with E-state index in [0.717, 1.165) is 0 Å². The molecule has 1 aliphatic rings. The second kappa shape index (κ2) is 12.4. The molecule has 0 saturated carbocycles. The molecule has 0 aliphatic carbocycles. The molecule has 0 saturated heterocycles. The fourth-order valence-electron chi connectivity index (χ4n) is 5.53. The van der Waals surface area contributed by atoms with Crippen LogP contribution in [0.4, 0.5) is 14.5 Å². The summed E-state index contributed by atoms with van der Waals surface area (Å²) in [6.07, 6.45) is 7.29. The van der Waals surface area contributed by atoms with Gasteiger partial charge in [-0.15, -0.1) is 5.10 Å². The van der Waals surface area contributed by atoms with Gasteiger partial charge in [-0.05, 0) is 43.2 Å². The molecule has 232 valence electrons. The predicted octanol–water partition coefficient (Wildman–Crippen LogP) is 6.41. The van der Waals surface area contributed by atoms with Gasteiger partial charge in [-0.1, -0.05) is 41.8 Å². The molecule has 1 amide bonds. The van der Waals surface area contributed by atoms with Gasteiger partial charge >= 0.3 is 6.55 Å². The van der Waals surface area contributed by atoms with E-state index in [1.54, 1.807) is 43.5 Å². The van der Waals surface area contributed by atoms with Crippen molar-refractivity contribution in [3.8, 4) is 33.8 Å². The number of ether oxygens (including phenoxy) is 1. The number of nitrogens with zero attached hydrogens (tertiary/aromatic N) is 7. The molecule has 0 spiro atoms. The molecule has 2 atom stereocenters. The number of hydrogen-bond donors (Lipinski definition) is 1. The van der Waals surface area contributed by atoms with Crippen LogP contribution in [0, 0.1) is 5.92 Å². The summed E-state index contributed by atoms with van der Waals surface area (Å²) in [5.74, 6) is -0.387. The molecular formula is C30H26Cl2F2N8O3. The van der Waals surface area contributed by atoms with Crippen molar-refractivity contribution >= 4 is 34.8 Å². The van der Waals surface area contributed by atoms with E-state index in [-0.39, 0.29) is 28.0 Å². The van der Waals surface area contributed by atoms with E-state index in [9.17, 15) is 18.4 Å². The molecular weight excluding hydrogens is 629 g/mol. The molecule has 11 nitrogen and oxygen atoms in total. The summed E-state index contributed by atoms with van der Waals surface area (Å²) in [5.41, 5.74) is 2.22. The largest absolute Gasteiger partial charge is 0.495 e. The van der Waals surface area contributed by atoms with Crippen LogP contribution in [0.3, 0.4) is 0 Å². The number of benzene rings is 1. The van der Waals surface area contributed by atoms with E-state index < -0.39 is 18.5 Å². The van der Waals surface area contributed by atoms with E-state index >= 15 is 0 Å². The standard InChI is InChI=1S/C30H26Cl2F2N8O3/c1-16-4-3-5-24(21-10-17(8-9-35-21)28-22(37-29(16)44)13-36-42(28)30(33)34)40-14-25(45-2)20(12-27(40)43)19-11-18(31)6-7-23(19)41-15-26(32)38-39-41/h6-16,24,30H,3-5H2,1-2H3,(H,37,44)/t16-,24?/m0/s1. The average Bonchev–Trinajstić information content (AvgIpc) is 3.65. The van der Waals surface area contributed by atoms with Crippen molar-refractivity contribution in [2.24, 2.45) is 5.92 Å². The molecule has 0 radical (unpaired) electrons. The van der Waals surface area contributed by atoms with Crippen molar-refractivity contribution < 1.29 is 18.3 Å².